The van der Waals surface area contributed by atoms with Gasteiger partial charge in [-0.1, -0.05) is 170 Å². The molecule has 0 saturated heterocycles. The fourth-order valence-electron chi connectivity index (χ4n) is 9.46. The molecule has 1 aliphatic rings. The van der Waals surface area contributed by atoms with Crippen LogP contribution in [0.4, 0.5) is 11.4 Å². The monoisotopic (exact) mass is 848 g/mol. The lowest BCUT2D eigenvalue weighted by Gasteiger charge is -2.34. The number of nitrogens with zero attached hydrogens (tertiary/aromatic N) is 4. The van der Waals surface area contributed by atoms with Gasteiger partial charge in [0.15, 0.2) is 0 Å². The van der Waals surface area contributed by atoms with E-state index in [2.05, 4.69) is 257 Å². The van der Waals surface area contributed by atoms with Crippen molar-refractivity contribution in [2.75, 3.05) is 16.5 Å². The molecule has 0 spiro atoms. The molecule has 5 heteroatoms. The molecule has 0 aliphatic carbocycles. The Bertz CT molecular complexity index is 3190. The highest BCUT2D eigenvalue weighted by molar-refractivity contribution is 6.09. The maximum absolute atomic E-state index is 7.00. The van der Waals surface area contributed by atoms with Crippen molar-refractivity contribution >= 4 is 33.2 Å². The van der Waals surface area contributed by atoms with Crippen LogP contribution in [-0.4, -0.2) is 16.2 Å². The van der Waals surface area contributed by atoms with Gasteiger partial charge in [-0.05, 0) is 93.4 Å². The van der Waals surface area contributed by atoms with Crippen LogP contribution in [0.1, 0.15) is 70.7 Å². The SMILES string of the molecule is CC(C)(C)c1cccc(N2CN(c3cc(Oc4ccc5c6ccccc6n(-c6cc(C(C)(C)c7ccccc7)ccn6)c5c4)cc(-c4ccccc4)c3)C=C2C(C)(C)c2ccccc2)c1. The third-order valence-electron chi connectivity index (χ3n) is 13.4. The standard InChI is InChI=1S/C60H56N4O/c1-58(2,3)46-26-19-27-48(36-46)63-41-62(40-56(63)60(6,7)45-24-15-10-16-25-45)49-34-43(42-20-11-8-12-21-42)35-51(38-49)65-50-30-31-53-52-28-17-18-29-54(52)64(55(53)39-50)57-37-47(32-33-61-57)59(4,5)44-22-13-9-14-23-44/h8-40H,41H2,1-7H3. The van der Waals surface area contributed by atoms with Gasteiger partial charge in [0, 0.05) is 63.2 Å². The number of anilines is 2. The quantitative estimate of drug-likeness (QED) is 0.137. The van der Waals surface area contributed by atoms with Crippen LogP contribution in [0.5, 0.6) is 11.5 Å². The Morgan fingerprint density at radius 3 is 1.83 bits per heavy atom. The van der Waals surface area contributed by atoms with E-state index in [0.29, 0.717) is 6.67 Å². The largest absolute Gasteiger partial charge is 0.457 e. The van der Waals surface area contributed by atoms with Gasteiger partial charge in [-0.25, -0.2) is 4.98 Å². The highest BCUT2D eigenvalue weighted by atomic mass is 16.5. The lowest BCUT2D eigenvalue weighted by Crippen LogP contribution is -2.34. The van der Waals surface area contributed by atoms with Gasteiger partial charge in [0.05, 0.1) is 17.7 Å². The van der Waals surface area contributed by atoms with Gasteiger partial charge < -0.3 is 14.5 Å². The molecule has 0 radical (unpaired) electrons. The molecule has 0 amide bonds. The molecule has 65 heavy (non-hydrogen) atoms. The van der Waals surface area contributed by atoms with E-state index in [1.807, 2.05) is 6.20 Å². The molecule has 3 heterocycles. The lowest BCUT2D eigenvalue weighted by atomic mass is 9.78. The summed E-state index contributed by atoms with van der Waals surface area (Å²) in [6, 6.07) is 67.2. The lowest BCUT2D eigenvalue weighted by molar-refractivity contribution is 0.483. The van der Waals surface area contributed by atoms with Crippen LogP contribution in [-0.2, 0) is 16.2 Å². The zero-order valence-electron chi connectivity index (χ0n) is 38.5. The molecular weight excluding hydrogens is 793 g/mol. The fraction of sp³-hybridized carbons (Fsp3) is 0.183. The van der Waals surface area contributed by atoms with E-state index in [1.54, 1.807) is 0 Å². The Balaban J connectivity index is 1.07. The van der Waals surface area contributed by atoms with Crippen LogP contribution in [0.25, 0.3) is 38.8 Å². The predicted octanol–water partition coefficient (Wildman–Crippen LogP) is 15.4. The summed E-state index contributed by atoms with van der Waals surface area (Å²) in [5.41, 5.74) is 12.3. The maximum Gasteiger partial charge on any atom is 0.137 e. The highest BCUT2D eigenvalue weighted by Gasteiger charge is 2.36. The van der Waals surface area contributed by atoms with Gasteiger partial charge in [0.1, 0.15) is 17.3 Å². The number of ether oxygens (including phenoxy) is 1. The molecule has 322 valence electrons. The Hall–Kier alpha value is -7.37. The van der Waals surface area contributed by atoms with Gasteiger partial charge in [0.25, 0.3) is 0 Å². The van der Waals surface area contributed by atoms with Crippen molar-refractivity contribution in [3.63, 3.8) is 0 Å². The molecule has 0 saturated carbocycles. The molecule has 7 aromatic carbocycles. The fourth-order valence-corrected chi connectivity index (χ4v) is 9.46. The number of hydrogen-bond donors (Lipinski definition) is 0. The molecular formula is C60H56N4O. The average Bonchev–Trinajstić information content (AvgIpc) is 3.93. The second-order valence-electron chi connectivity index (χ2n) is 19.5. The summed E-state index contributed by atoms with van der Waals surface area (Å²) in [4.78, 5) is 9.85. The zero-order valence-corrected chi connectivity index (χ0v) is 38.5. The molecule has 0 unspecified atom stereocenters. The first-order valence-electron chi connectivity index (χ1n) is 22.7. The number of rotatable bonds is 10. The minimum atomic E-state index is -0.288. The first-order chi connectivity index (χ1) is 31.3. The van der Waals surface area contributed by atoms with Crippen LogP contribution < -0.4 is 14.5 Å². The van der Waals surface area contributed by atoms with Crippen molar-refractivity contribution in [2.24, 2.45) is 0 Å². The number of allylic oxidation sites excluding steroid dienone is 1. The second-order valence-corrected chi connectivity index (χ2v) is 19.5. The number of fused-ring (bicyclic) bond motifs is 3. The van der Waals surface area contributed by atoms with Crippen molar-refractivity contribution in [1.29, 1.82) is 0 Å². The van der Waals surface area contributed by atoms with E-state index in [4.69, 9.17) is 9.72 Å². The van der Waals surface area contributed by atoms with Crippen LogP contribution in [0, 0.1) is 0 Å². The Morgan fingerprint density at radius 1 is 0.462 bits per heavy atom. The van der Waals surface area contributed by atoms with Crippen molar-refractivity contribution in [3.8, 4) is 28.4 Å². The minimum absolute atomic E-state index is 0.0156. The van der Waals surface area contributed by atoms with E-state index in [1.165, 1.54) is 39.0 Å². The maximum atomic E-state index is 7.00. The zero-order chi connectivity index (χ0) is 44.9. The molecule has 5 nitrogen and oxygen atoms in total. The number of para-hydroxylation sites is 1. The summed E-state index contributed by atoms with van der Waals surface area (Å²) < 4.78 is 9.28. The third-order valence-corrected chi connectivity index (χ3v) is 13.4. The van der Waals surface area contributed by atoms with Crippen molar-refractivity contribution in [2.45, 2.75) is 64.7 Å². The first-order valence-corrected chi connectivity index (χ1v) is 22.7. The number of hydrogen-bond acceptors (Lipinski definition) is 4. The predicted molar refractivity (Wildman–Crippen MR) is 272 cm³/mol. The summed E-state index contributed by atoms with van der Waals surface area (Å²) in [6.45, 7) is 16.7. The first kappa shape index (κ1) is 41.6. The highest BCUT2D eigenvalue weighted by Crippen LogP contribution is 2.44. The molecule has 2 aromatic heterocycles. The van der Waals surface area contributed by atoms with Crippen molar-refractivity contribution < 1.29 is 4.74 Å². The van der Waals surface area contributed by atoms with Gasteiger partial charge in [0.2, 0.25) is 0 Å². The number of benzene rings is 7. The Kier molecular flexibility index (Phi) is 10.5. The molecule has 10 rings (SSSR count). The molecule has 0 fully saturated rings. The van der Waals surface area contributed by atoms with Crippen molar-refractivity contribution in [3.05, 3.63) is 228 Å². The summed E-state index contributed by atoms with van der Waals surface area (Å²) in [5.74, 6) is 2.39. The summed E-state index contributed by atoms with van der Waals surface area (Å²) in [6.07, 6.45) is 4.28. The molecule has 0 atom stereocenters. The van der Waals surface area contributed by atoms with Gasteiger partial charge in [-0.15, -0.1) is 0 Å². The van der Waals surface area contributed by atoms with Gasteiger partial charge >= 0.3 is 0 Å². The van der Waals surface area contributed by atoms with Crippen LogP contribution in [0.2, 0.25) is 0 Å². The second kappa shape index (κ2) is 16.3. The van der Waals surface area contributed by atoms with E-state index in [0.717, 1.165) is 50.6 Å². The van der Waals surface area contributed by atoms with Crippen LogP contribution in [0.3, 0.4) is 0 Å². The normalized spacial score (nSPS) is 13.4. The minimum Gasteiger partial charge on any atom is -0.457 e. The summed E-state index contributed by atoms with van der Waals surface area (Å²) >= 11 is 0. The Morgan fingerprint density at radius 2 is 1.11 bits per heavy atom. The average molecular weight is 849 g/mol. The molecule has 0 N–H and O–H groups in total. The topological polar surface area (TPSA) is 33.5 Å². The van der Waals surface area contributed by atoms with E-state index < -0.39 is 0 Å². The summed E-state index contributed by atoms with van der Waals surface area (Å²) in [5, 5.41) is 2.32. The van der Waals surface area contributed by atoms with Crippen LogP contribution in [0.15, 0.2) is 206 Å². The van der Waals surface area contributed by atoms with Gasteiger partial charge in [-0.2, -0.15) is 0 Å². The smallest absolute Gasteiger partial charge is 0.137 e. The van der Waals surface area contributed by atoms with Gasteiger partial charge in [-0.3, -0.25) is 4.57 Å². The van der Waals surface area contributed by atoms with E-state index in [9.17, 15) is 0 Å². The number of pyridine rings is 1. The van der Waals surface area contributed by atoms with E-state index in [-0.39, 0.29) is 16.2 Å². The van der Waals surface area contributed by atoms with Crippen molar-refractivity contribution in [1.82, 2.24) is 9.55 Å². The Labute approximate surface area is 383 Å². The molecule has 1 aliphatic heterocycles. The molecule has 9 aromatic rings. The third kappa shape index (κ3) is 7.86. The number of aromatic nitrogens is 2. The summed E-state index contributed by atoms with van der Waals surface area (Å²) in [7, 11) is 0. The van der Waals surface area contributed by atoms with Crippen LogP contribution >= 0.6 is 0 Å². The van der Waals surface area contributed by atoms with E-state index >= 15 is 0 Å². The molecule has 0 bridgehead atoms.